The van der Waals surface area contributed by atoms with E-state index < -0.39 is 0 Å². The number of nitrogens with zero attached hydrogens (tertiary/aromatic N) is 2. The second kappa shape index (κ2) is 7.94. The summed E-state index contributed by atoms with van der Waals surface area (Å²) < 4.78 is 6.33. The molecule has 4 aromatic rings. The number of aromatic nitrogens is 1. The lowest BCUT2D eigenvalue weighted by atomic mass is 10.0. The van der Waals surface area contributed by atoms with Crippen LogP contribution in [0.1, 0.15) is 23.5 Å². The number of anilines is 1. The normalized spacial score (nSPS) is 18.4. The third-order valence-electron chi connectivity index (χ3n) is 5.18. The number of thiocarbonyl (C=S) groups is 1. The van der Waals surface area contributed by atoms with Crippen molar-refractivity contribution in [2.24, 2.45) is 0 Å². The summed E-state index contributed by atoms with van der Waals surface area (Å²) >= 11 is 11.8. The number of hydrogen-bond acceptors (Lipinski definition) is 3. The van der Waals surface area contributed by atoms with Crippen molar-refractivity contribution >= 4 is 34.6 Å². The molecule has 1 N–H and O–H groups in total. The van der Waals surface area contributed by atoms with E-state index in [1.54, 1.807) is 6.20 Å². The highest BCUT2D eigenvalue weighted by Crippen LogP contribution is 2.43. The molecule has 0 radical (unpaired) electrons. The van der Waals surface area contributed by atoms with Crippen molar-refractivity contribution in [2.75, 3.05) is 4.90 Å². The van der Waals surface area contributed by atoms with Crippen LogP contribution in [0.3, 0.4) is 0 Å². The third kappa shape index (κ3) is 3.47. The molecule has 1 aliphatic rings. The van der Waals surface area contributed by atoms with Gasteiger partial charge in [-0.05, 0) is 60.7 Å². The fourth-order valence-electron chi connectivity index (χ4n) is 3.79. The molecule has 1 aliphatic heterocycles. The van der Waals surface area contributed by atoms with Gasteiger partial charge in [-0.15, -0.1) is 0 Å². The molecule has 1 fully saturated rings. The first-order valence-corrected chi connectivity index (χ1v) is 10.4. The highest BCUT2D eigenvalue weighted by Gasteiger charge is 2.42. The third-order valence-corrected chi connectivity index (χ3v) is 5.75. The highest BCUT2D eigenvalue weighted by atomic mass is 35.5. The molecule has 6 heteroatoms. The number of nitrogens with one attached hydrogen (secondary N) is 1. The summed E-state index contributed by atoms with van der Waals surface area (Å²) in [5.41, 5.74) is 2.88. The van der Waals surface area contributed by atoms with Crippen molar-refractivity contribution in [3.8, 4) is 11.3 Å². The molecular formula is C24H18ClN3OS. The SMILES string of the molecule is S=C1N[C@H](c2ccccn2)[C@@H](c2ccc(-c3ccccc3)o2)N1c1ccc(Cl)cc1. The number of hydrogen-bond donors (Lipinski definition) is 1. The average molecular weight is 432 g/mol. The van der Waals surface area contributed by atoms with Gasteiger partial charge in [-0.25, -0.2) is 0 Å². The van der Waals surface area contributed by atoms with E-state index in [1.165, 1.54) is 0 Å². The minimum atomic E-state index is -0.189. The molecule has 30 heavy (non-hydrogen) atoms. The van der Waals surface area contributed by atoms with Gasteiger partial charge in [0.25, 0.3) is 0 Å². The van der Waals surface area contributed by atoms with Gasteiger partial charge in [0.05, 0.1) is 11.7 Å². The Kier molecular flexibility index (Phi) is 4.99. The van der Waals surface area contributed by atoms with Gasteiger partial charge in [0.15, 0.2) is 5.11 Å². The molecule has 3 heterocycles. The molecule has 4 nitrogen and oxygen atoms in total. The molecule has 1 saturated heterocycles. The Hall–Kier alpha value is -3.15. The molecule has 0 bridgehead atoms. The van der Waals surface area contributed by atoms with Crippen molar-refractivity contribution in [3.63, 3.8) is 0 Å². The van der Waals surface area contributed by atoms with E-state index in [0.717, 1.165) is 28.5 Å². The van der Waals surface area contributed by atoms with Gasteiger partial charge in [-0.2, -0.15) is 0 Å². The second-order valence-corrected chi connectivity index (χ2v) is 7.86. The van der Waals surface area contributed by atoms with Gasteiger partial charge in [0, 0.05) is 22.5 Å². The van der Waals surface area contributed by atoms with Crippen molar-refractivity contribution in [3.05, 3.63) is 108 Å². The van der Waals surface area contributed by atoms with E-state index in [-0.39, 0.29) is 12.1 Å². The molecule has 0 aliphatic carbocycles. The summed E-state index contributed by atoms with van der Waals surface area (Å²) in [6.45, 7) is 0. The quantitative estimate of drug-likeness (QED) is 0.391. The Morgan fingerprint density at radius 3 is 2.40 bits per heavy atom. The molecule has 148 valence electrons. The van der Waals surface area contributed by atoms with Crippen LogP contribution in [0.2, 0.25) is 5.02 Å². The lowest BCUT2D eigenvalue weighted by molar-refractivity contribution is 0.439. The van der Waals surface area contributed by atoms with Crippen LogP contribution in [0, 0.1) is 0 Å². The zero-order chi connectivity index (χ0) is 20.5. The van der Waals surface area contributed by atoms with E-state index in [9.17, 15) is 0 Å². The molecule has 2 aromatic carbocycles. The maximum Gasteiger partial charge on any atom is 0.174 e. The Balaban J connectivity index is 1.60. The number of furan rings is 1. The minimum absolute atomic E-state index is 0.149. The Morgan fingerprint density at radius 1 is 0.900 bits per heavy atom. The van der Waals surface area contributed by atoms with E-state index in [0.29, 0.717) is 10.1 Å². The van der Waals surface area contributed by atoms with Gasteiger partial charge in [0.1, 0.15) is 17.6 Å². The molecule has 0 amide bonds. The van der Waals surface area contributed by atoms with Crippen molar-refractivity contribution < 1.29 is 4.42 Å². The molecular weight excluding hydrogens is 414 g/mol. The molecule has 0 spiro atoms. The van der Waals surface area contributed by atoms with Gasteiger partial charge >= 0.3 is 0 Å². The summed E-state index contributed by atoms with van der Waals surface area (Å²) in [6, 6.07) is 27.3. The van der Waals surface area contributed by atoms with Crippen molar-refractivity contribution in [1.29, 1.82) is 0 Å². The van der Waals surface area contributed by atoms with Crippen molar-refractivity contribution in [2.45, 2.75) is 12.1 Å². The first kappa shape index (κ1) is 18.9. The van der Waals surface area contributed by atoms with Crippen LogP contribution < -0.4 is 10.2 Å². The Morgan fingerprint density at radius 2 is 1.67 bits per heavy atom. The van der Waals surface area contributed by atoms with E-state index in [1.807, 2.05) is 84.9 Å². The Bertz CT molecular complexity index is 1160. The van der Waals surface area contributed by atoms with E-state index in [4.69, 9.17) is 28.2 Å². The minimum Gasteiger partial charge on any atom is -0.459 e. The van der Waals surface area contributed by atoms with Gasteiger partial charge < -0.3 is 14.6 Å². The standard InChI is InChI=1S/C24H18ClN3OS/c25-17-9-11-18(12-10-17)28-23(22(27-24(28)30)19-8-4-5-15-26-19)21-14-13-20(29-21)16-6-2-1-3-7-16/h1-15,22-23H,(H,27,30)/t22-,23-/m1/s1. The van der Waals surface area contributed by atoms with Crippen LogP contribution in [-0.4, -0.2) is 10.1 Å². The Labute approximate surface area is 185 Å². The monoisotopic (exact) mass is 431 g/mol. The molecule has 2 atom stereocenters. The number of benzene rings is 2. The van der Waals surface area contributed by atoms with Gasteiger partial charge in [-0.3, -0.25) is 4.98 Å². The zero-order valence-corrected chi connectivity index (χ0v) is 17.5. The van der Waals surface area contributed by atoms with Crippen LogP contribution in [0.15, 0.2) is 95.5 Å². The summed E-state index contributed by atoms with van der Waals surface area (Å²) in [7, 11) is 0. The first-order chi connectivity index (χ1) is 14.7. The number of pyridine rings is 1. The molecule has 5 rings (SSSR count). The smallest absolute Gasteiger partial charge is 0.174 e. The van der Waals surface area contributed by atoms with Gasteiger partial charge in [-0.1, -0.05) is 48.0 Å². The van der Waals surface area contributed by atoms with Crippen molar-refractivity contribution in [1.82, 2.24) is 10.3 Å². The number of halogens is 1. The fourth-order valence-corrected chi connectivity index (χ4v) is 4.26. The zero-order valence-electron chi connectivity index (χ0n) is 15.9. The lowest BCUT2D eigenvalue weighted by Gasteiger charge is -2.26. The van der Waals surface area contributed by atoms with Crippen LogP contribution in [0.25, 0.3) is 11.3 Å². The maximum atomic E-state index is 6.33. The predicted molar refractivity (Wildman–Crippen MR) is 124 cm³/mol. The molecule has 0 saturated carbocycles. The summed E-state index contributed by atoms with van der Waals surface area (Å²) in [6.07, 6.45) is 1.79. The maximum absolute atomic E-state index is 6.33. The summed E-state index contributed by atoms with van der Waals surface area (Å²) in [5.74, 6) is 1.63. The van der Waals surface area contributed by atoms with E-state index >= 15 is 0 Å². The van der Waals surface area contributed by atoms with Crippen LogP contribution in [0.5, 0.6) is 0 Å². The van der Waals surface area contributed by atoms with Crippen LogP contribution in [0.4, 0.5) is 5.69 Å². The van der Waals surface area contributed by atoms with E-state index in [2.05, 4.69) is 15.2 Å². The fraction of sp³-hybridized carbons (Fsp3) is 0.0833. The highest BCUT2D eigenvalue weighted by molar-refractivity contribution is 7.80. The second-order valence-electron chi connectivity index (χ2n) is 7.04. The first-order valence-electron chi connectivity index (χ1n) is 9.62. The topological polar surface area (TPSA) is 41.3 Å². The average Bonchev–Trinajstić information content (AvgIpc) is 3.40. The van der Waals surface area contributed by atoms with Crippen LogP contribution in [-0.2, 0) is 0 Å². The lowest BCUT2D eigenvalue weighted by Crippen LogP contribution is -2.29. The largest absolute Gasteiger partial charge is 0.459 e. The summed E-state index contributed by atoms with van der Waals surface area (Å²) in [4.78, 5) is 6.63. The van der Waals surface area contributed by atoms with Crippen LogP contribution >= 0.6 is 23.8 Å². The summed E-state index contributed by atoms with van der Waals surface area (Å²) in [5, 5.41) is 4.73. The molecule has 0 unspecified atom stereocenters. The molecule has 2 aromatic heterocycles. The predicted octanol–water partition coefficient (Wildman–Crippen LogP) is 6.17. The van der Waals surface area contributed by atoms with Gasteiger partial charge in [0.2, 0.25) is 0 Å². The number of rotatable bonds is 4.